The van der Waals surface area contributed by atoms with E-state index in [0.717, 1.165) is 22.4 Å². The lowest BCUT2D eigenvalue weighted by Crippen LogP contribution is -2.44. The maximum atomic E-state index is 13.2. The number of rotatable bonds is 12. The standard InChI is InChI=1S/C32H32FN5O4/c33-26-9-3-23(4-10-26)19-38-29(13-14-30(38)39)32(41)36-17-22-5-11-28(12-6-22)42-20-24-1-7-25(8-2-24)31(40)35-16-15-27-18-34-21-37-27/h1-12,18,21,29H,13-17,19-20H2,(H,34,37)(H,35,40)(H,36,41)/t29-/m0/s1. The number of nitrogens with one attached hydrogen (secondary N) is 3. The van der Waals surface area contributed by atoms with Crippen LogP contribution in [-0.4, -0.2) is 45.2 Å². The molecule has 0 saturated carbocycles. The van der Waals surface area contributed by atoms with E-state index in [0.29, 0.717) is 50.3 Å². The number of amides is 3. The highest BCUT2D eigenvalue weighted by atomic mass is 19.1. The summed E-state index contributed by atoms with van der Waals surface area (Å²) >= 11 is 0. The Balaban J connectivity index is 1.05. The zero-order valence-electron chi connectivity index (χ0n) is 23.0. The summed E-state index contributed by atoms with van der Waals surface area (Å²) in [7, 11) is 0. The van der Waals surface area contributed by atoms with Gasteiger partial charge in [0.2, 0.25) is 11.8 Å². The smallest absolute Gasteiger partial charge is 0.251 e. The van der Waals surface area contributed by atoms with Crippen molar-refractivity contribution < 1.29 is 23.5 Å². The van der Waals surface area contributed by atoms with E-state index >= 15 is 0 Å². The summed E-state index contributed by atoms with van der Waals surface area (Å²) in [4.78, 5) is 46.2. The Hall–Kier alpha value is -4.99. The molecule has 1 aliphatic heterocycles. The summed E-state index contributed by atoms with van der Waals surface area (Å²) in [5.74, 6) is -0.0912. The van der Waals surface area contributed by atoms with Gasteiger partial charge in [-0.25, -0.2) is 9.37 Å². The first-order valence-electron chi connectivity index (χ1n) is 13.8. The summed E-state index contributed by atoms with van der Waals surface area (Å²) in [5.41, 5.74) is 4.15. The number of ether oxygens (including phenoxy) is 1. The Labute approximate surface area is 243 Å². The number of hydrogen-bond donors (Lipinski definition) is 3. The Kier molecular flexibility index (Phi) is 9.23. The molecule has 4 aromatic rings. The lowest BCUT2D eigenvalue weighted by Gasteiger charge is -2.24. The molecule has 1 saturated heterocycles. The minimum atomic E-state index is -0.551. The first-order chi connectivity index (χ1) is 20.4. The van der Waals surface area contributed by atoms with E-state index in [9.17, 15) is 18.8 Å². The predicted molar refractivity (Wildman–Crippen MR) is 154 cm³/mol. The van der Waals surface area contributed by atoms with Crippen molar-refractivity contribution >= 4 is 17.7 Å². The van der Waals surface area contributed by atoms with Crippen molar-refractivity contribution in [1.82, 2.24) is 25.5 Å². The van der Waals surface area contributed by atoms with Gasteiger partial charge in [0.25, 0.3) is 5.91 Å². The fourth-order valence-corrected chi connectivity index (χ4v) is 4.75. The van der Waals surface area contributed by atoms with Crippen molar-refractivity contribution in [3.05, 3.63) is 119 Å². The Morgan fingerprint density at radius 1 is 0.952 bits per heavy atom. The fourth-order valence-electron chi connectivity index (χ4n) is 4.75. The molecule has 0 spiro atoms. The van der Waals surface area contributed by atoms with Crippen molar-refractivity contribution in [2.45, 2.75) is 45.0 Å². The van der Waals surface area contributed by atoms with Gasteiger partial charge >= 0.3 is 0 Å². The van der Waals surface area contributed by atoms with Gasteiger partial charge in [0, 0.05) is 49.9 Å². The molecular formula is C32H32FN5O4. The second kappa shape index (κ2) is 13.6. The van der Waals surface area contributed by atoms with Gasteiger partial charge in [-0.15, -0.1) is 0 Å². The van der Waals surface area contributed by atoms with Crippen LogP contribution in [0.1, 0.15) is 45.6 Å². The van der Waals surface area contributed by atoms with E-state index in [2.05, 4.69) is 20.6 Å². The Bertz CT molecular complexity index is 1490. The van der Waals surface area contributed by atoms with E-state index in [4.69, 9.17) is 4.74 Å². The normalized spacial score (nSPS) is 14.5. The molecule has 1 aliphatic rings. The van der Waals surface area contributed by atoms with Gasteiger partial charge in [-0.05, 0) is 59.5 Å². The van der Waals surface area contributed by atoms with Gasteiger partial charge in [-0.3, -0.25) is 14.4 Å². The number of aromatic nitrogens is 2. The molecular weight excluding hydrogens is 537 g/mol. The Morgan fingerprint density at radius 2 is 1.67 bits per heavy atom. The lowest BCUT2D eigenvalue weighted by molar-refractivity contribution is -0.135. The van der Waals surface area contributed by atoms with Crippen molar-refractivity contribution in [1.29, 1.82) is 0 Å². The number of imidazole rings is 1. The van der Waals surface area contributed by atoms with Crippen LogP contribution >= 0.6 is 0 Å². The minimum Gasteiger partial charge on any atom is -0.489 e. The largest absolute Gasteiger partial charge is 0.489 e. The van der Waals surface area contributed by atoms with Gasteiger partial charge < -0.3 is 25.3 Å². The number of carbonyl (C=O) groups is 3. The molecule has 0 unspecified atom stereocenters. The summed E-state index contributed by atoms with van der Waals surface area (Å²) in [6.45, 7) is 1.45. The number of nitrogens with zero attached hydrogens (tertiary/aromatic N) is 2. The van der Waals surface area contributed by atoms with Crippen LogP contribution < -0.4 is 15.4 Å². The zero-order chi connectivity index (χ0) is 29.3. The average Bonchev–Trinajstić information content (AvgIpc) is 3.66. The van der Waals surface area contributed by atoms with E-state index in [1.54, 1.807) is 41.7 Å². The number of hydrogen-bond acceptors (Lipinski definition) is 5. The van der Waals surface area contributed by atoms with E-state index in [1.165, 1.54) is 12.1 Å². The quantitative estimate of drug-likeness (QED) is 0.239. The van der Waals surface area contributed by atoms with E-state index < -0.39 is 6.04 Å². The highest BCUT2D eigenvalue weighted by Gasteiger charge is 2.35. The topological polar surface area (TPSA) is 116 Å². The molecule has 42 heavy (non-hydrogen) atoms. The first kappa shape index (κ1) is 28.5. The number of halogens is 1. The van der Waals surface area contributed by atoms with Gasteiger partial charge in [-0.2, -0.15) is 0 Å². The van der Waals surface area contributed by atoms with Crippen molar-refractivity contribution in [2.24, 2.45) is 0 Å². The predicted octanol–water partition coefficient (Wildman–Crippen LogP) is 3.91. The van der Waals surface area contributed by atoms with Crippen LogP contribution in [0.25, 0.3) is 0 Å². The second-order valence-electron chi connectivity index (χ2n) is 10.1. The molecule has 0 bridgehead atoms. The Morgan fingerprint density at radius 3 is 2.38 bits per heavy atom. The summed E-state index contributed by atoms with van der Waals surface area (Å²) < 4.78 is 19.1. The van der Waals surface area contributed by atoms with Crippen LogP contribution in [0.5, 0.6) is 5.75 Å². The highest BCUT2D eigenvalue weighted by Crippen LogP contribution is 2.22. The van der Waals surface area contributed by atoms with Crippen LogP contribution in [0.4, 0.5) is 4.39 Å². The highest BCUT2D eigenvalue weighted by molar-refractivity contribution is 5.94. The molecule has 2 heterocycles. The first-order valence-corrected chi connectivity index (χ1v) is 13.8. The van der Waals surface area contributed by atoms with Gasteiger partial charge in [0.05, 0.1) is 6.33 Å². The molecule has 0 aliphatic carbocycles. The summed E-state index contributed by atoms with van der Waals surface area (Å²) in [6, 6.07) is 20.1. The van der Waals surface area contributed by atoms with Crippen LogP contribution in [-0.2, 0) is 35.7 Å². The molecule has 1 atom stereocenters. The zero-order valence-corrected chi connectivity index (χ0v) is 23.0. The third-order valence-corrected chi connectivity index (χ3v) is 7.14. The number of likely N-dealkylation sites (tertiary alicyclic amines) is 1. The minimum absolute atomic E-state index is 0.0832. The molecule has 3 aromatic carbocycles. The number of H-pyrrole nitrogens is 1. The molecule has 10 heteroatoms. The maximum absolute atomic E-state index is 13.2. The van der Waals surface area contributed by atoms with Gasteiger partial charge in [-0.1, -0.05) is 36.4 Å². The van der Waals surface area contributed by atoms with Crippen molar-refractivity contribution in [2.75, 3.05) is 6.54 Å². The fraction of sp³-hybridized carbons (Fsp3) is 0.250. The van der Waals surface area contributed by atoms with Crippen LogP contribution in [0.2, 0.25) is 0 Å². The third-order valence-electron chi connectivity index (χ3n) is 7.14. The monoisotopic (exact) mass is 569 g/mol. The molecule has 3 N–H and O–H groups in total. The second-order valence-corrected chi connectivity index (χ2v) is 10.1. The molecule has 0 radical (unpaired) electrons. The van der Waals surface area contributed by atoms with Crippen LogP contribution in [0.15, 0.2) is 85.3 Å². The van der Waals surface area contributed by atoms with Crippen LogP contribution in [0.3, 0.4) is 0 Å². The van der Waals surface area contributed by atoms with Gasteiger partial charge in [0.15, 0.2) is 0 Å². The number of carbonyl (C=O) groups excluding carboxylic acids is 3. The number of benzene rings is 3. The molecule has 5 rings (SSSR count). The molecule has 216 valence electrons. The van der Waals surface area contributed by atoms with Crippen molar-refractivity contribution in [3.8, 4) is 5.75 Å². The summed E-state index contributed by atoms with van der Waals surface area (Å²) in [6.07, 6.45) is 4.80. The summed E-state index contributed by atoms with van der Waals surface area (Å²) in [5, 5.41) is 5.82. The SMILES string of the molecule is O=C(NCCc1cnc[nH]1)c1ccc(COc2ccc(CNC(=O)[C@@H]3CCC(=O)N3Cc3ccc(F)cc3)cc2)cc1. The number of aromatic amines is 1. The lowest BCUT2D eigenvalue weighted by atomic mass is 10.1. The third kappa shape index (κ3) is 7.60. The molecule has 1 fully saturated rings. The van der Waals surface area contributed by atoms with E-state index in [1.807, 2.05) is 36.4 Å². The molecule has 1 aromatic heterocycles. The maximum Gasteiger partial charge on any atom is 0.251 e. The van der Waals surface area contributed by atoms with Crippen molar-refractivity contribution in [3.63, 3.8) is 0 Å². The molecule has 9 nitrogen and oxygen atoms in total. The van der Waals surface area contributed by atoms with Gasteiger partial charge in [0.1, 0.15) is 24.2 Å². The molecule has 3 amide bonds. The average molecular weight is 570 g/mol. The van der Waals surface area contributed by atoms with Crippen LogP contribution in [0, 0.1) is 5.82 Å². The van der Waals surface area contributed by atoms with E-state index in [-0.39, 0.29) is 30.1 Å².